The van der Waals surface area contributed by atoms with E-state index in [1.807, 2.05) is 60.7 Å². The molecule has 5 rings (SSSR count). The van der Waals surface area contributed by atoms with Gasteiger partial charge in [-0.1, -0.05) is 67.3 Å². The average Bonchev–Trinajstić information content (AvgIpc) is 3.00. The first kappa shape index (κ1) is 28.4. The molecule has 3 aromatic carbocycles. The van der Waals surface area contributed by atoms with Crippen LogP contribution in [0.3, 0.4) is 0 Å². The van der Waals surface area contributed by atoms with Gasteiger partial charge in [-0.2, -0.15) is 0 Å². The number of allylic oxidation sites excluding steroid dienone is 1. The van der Waals surface area contributed by atoms with Crippen LogP contribution in [0.1, 0.15) is 55.7 Å². The molecule has 2 aliphatic rings. The molecular formula is C34H38ClNO4. The fraction of sp³-hybridized carbons (Fsp3) is 0.382. The lowest BCUT2D eigenvalue weighted by molar-refractivity contribution is -0.139. The largest absolute Gasteiger partial charge is 0.492 e. The Hall–Kier alpha value is -3.12. The predicted octanol–water partition coefficient (Wildman–Crippen LogP) is 7.52. The molecule has 1 saturated carbocycles. The average molecular weight is 560 g/mol. The second-order valence-electron chi connectivity index (χ2n) is 10.6. The number of halogens is 1. The summed E-state index contributed by atoms with van der Waals surface area (Å²) in [5, 5.41) is 0.709. The number of ether oxygens (including phenoxy) is 3. The number of benzene rings is 3. The van der Waals surface area contributed by atoms with Crippen LogP contribution >= 0.6 is 11.6 Å². The maximum absolute atomic E-state index is 12.7. The van der Waals surface area contributed by atoms with Crippen molar-refractivity contribution in [2.24, 2.45) is 5.92 Å². The van der Waals surface area contributed by atoms with Crippen LogP contribution in [-0.2, 0) is 9.53 Å². The highest BCUT2D eigenvalue weighted by molar-refractivity contribution is 6.30. The summed E-state index contributed by atoms with van der Waals surface area (Å²) < 4.78 is 17.2. The van der Waals surface area contributed by atoms with E-state index in [1.54, 1.807) is 0 Å². The van der Waals surface area contributed by atoms with Crippen molar-refractivity contribution in [3.8, 4) is 11.5 Å². The van der Waals surface area contributed by atoms with Gasteiger partial charge in [0.15, 0.2) is 0 Å². The van der Waals surface area contributed by atoms with Crippen LogP contribution in [0, 0.1) is 5.92 Å². The first-order valence-electron chi connectivity index (χ1n) is 14.4. The second kappa shape index (κ2) is 14.0. The van der Waals surface area contributed by atoms with Crippen molar-refractivity contribution in [3.05, 3.63) is 94.5 Å². The summed E-state index contributed by atoms with van der Waals surface area (Å²) in [7, 11) is 0. The predicted molar refractivity (Wildman–Crippen MR) is 161 cm³/mol. The molecule has 0 spiro atoms. The van der Waals surface area contributed by atoms with E-state index in [-0.39, 0.29) is 11.9 Å². The van der Waals surface area contributed by atoms with Gasteiger partial charge in [0.1, 0.15) is 18.1 Å². The molecule has 0 radical (unpaired) electrons. The minimum absolute atomic E-state index is 0.0191. The summed E-state index contributed by atoms with van der Waals surface area (Å²) in [5.74, 6) is 1.35. The van der Waals surface area contributed by atoms with E-state index >= 15 is 0 Å². The zero-order valence-corrected chi connectivity index (χ0v) is 24.0. The molecule has 1 heterocycles. The standard InChI is InChI=1S/C34H38ClNO4/c1-25(26-7-13-30(35)14-8-26)33(27-9-15-31(16-10-27)39-24-21-36-19-22-38-23-20-36)28-11-17-32(18-12-28)40-34(37)29-5-3-2-4-6-29/h7-18,29H,2-6,19-24H2,1H3/b33-25-. The van der Waals surface area contributed by atoms with E-state index in [9.17, 15) is 4.79 Å². The Morgan fingerprint density at radius 1 is 0.825 bits per heavy atom. The van der Waals surface area contributed by atoms with E-state index in [1.165, 1.54) is 6.42 Å². The molecule has 0 atom stereocenters. The van der Waals surface area contributed by atoms with Crippen LogP contribution in [0.4, 0.5) is 0 Å². The van der Waals surface area contributed by atoms with Gasteiger partial charge in [0.2, 0.25) is 0 Å². The fourth-order valence-electron chi connectivity index (χ4n) is 5.51. The van der Waals surface area contributed by atoms with Gasteiger partial charge in [-0.15, -0.1) is 0 Å². The topological polar surface area (TPSA) is 48.0 Å². The fourth-order valence-corrected chi connectivity index (χ4v) is 5.63. The molecule has 1 aliphatic heterocycles. The minimum atomic E-state index is -0.107. The Morgan fingerprint density at radius 3 is 2.02 bits per heavy atom. The third-order valence-electron chi connectivity index (χ3n) is 7.88. The maximum Gasteiger partial charge on any atom is 0.314 e. The third-order valence-corrected chi connectivity index (χ3v) is 8.13. The van der Waals surface area contributed by atoms with Crippen molar-refractivity contribution >= 4 is 28.7 Å². The molecule has 3 aromatic rings. The Morgan fingerprint density at radius 2 is 1.40 bits per heavy atom. The number of nitrogens with zero attached hydrogens (tertiary/aromatic N) is 1. The smallest absolute Gasteiger partial charge is 0.314 e. The number of esters is 1. The summed E-state index contributed by atoms with van der Waals surface area (Å²) in [6.07, 6.45) is 5.28. The third kappa shape index (κ3) is 7.54. The zero-order chi connectivity index (χ0) is 27.7. The summed E-state index contributed by atoms with van der Waals surface area (Å²) in [6.45, 7) is 7.16. The molecule has 0 aromatic heterocycles. The van der Waals surface area contributed by atoms with E-state index < -0.39 is 0 Å². The molecule has 0 amide bonds. The molecule has 2 fully saturated rings. The Bertz CT molecular complexity index is 1270. The van der Waals surface area contributed by atoms with E-state index in [0.29, 0.717) is 17.4 Å². The van der Waals surface area contributed by atoms with E-state index in [4.69, 9.17) is 25.8 Å². The molecule has 0 bridgehead atoms. The molecule has 1 aliphatic carbocycles. The number of carbonyl (C=O) groups is 1. The second-order valence-corrected chi connectivity index (χ2v) is 11.1. The molecule has 210 valence electrons. The Balaban J connectivity index is 1.34. The normalized spacial score (nSPS) is 17.2. The van der Waals surface area contributed by atoms with Crippen LogP contribution in [-0.4, -0.2) is 50.3 Å². The zero-order valence-electron chi connectivity index (χ0n) is 23.2. The highest BCUT2D eigenvalue weighted by Crippen LogP contribution is 2.34. The Kier molecular flexibility index (Phi) is 9.93. The van der Waals surface area contributed by atoms with Gasteiger partial charge in [-0.25, -0.2) is 0 Å². The van der Waals surface area contributed by atoms with Gasteiger partial charge < -0.3 is 14.2 Å². The summed E-state index contributed by atoms with van der Waals surface area (Å²) in [5.41, 5.74) is 5.46. The lowest BCUT2D eigenvalue weighted by atomic mass is 9.89. The van der Waals surface area contributed by atoms with Crippen LogP contribution in [0.15, 0.2) is 72.8 Å². The molecule has 40 heavy (non-hydrogen) atoms. The lowest BCUT2D eigenvalue weighted by Crippen LogP contribution is -2.38. The van der Waals surface area contributed by atoms with Crippen molar-refractivity contribution < 1.29 is 19.0 Å². The maximum atomic E-state index is 12.7. The Labute approximate surface area is 242 Å². The van der Waals surface area contributed by atoms with Crippen LogP contribution in [0.25, 0.3) is 11.1 Å². The van der Waals surface area contributed by atoms with Crippen LogP contribution < -0.4 is 9.47 Å². The quantitative estimate of drug-likeness (QED) is 0.154. The number of hydrogen-bond donors (Lipinski definition) is 0. The van der Waals surface area contributed by atoms with Crippen LogP contribution in [0.2, 0.25) is 5.02 Å². The molecule has 1 saturated heterocycles. The van der Waals surface area contributed by atoms with Crippen LogP contribution in [0.5, 0.6) is 11.5 Å². The minimum Gasteiger partial charge on any atom is -0.492 e. The van der Waals surface area contributed by atoms with Crippen molar-refractivity contribution in [1.82, 2.24) is 4.90 Å². The van der Waals surface area contributed by atoms with E-state index in [0.717, 1.165) is 92.1 Å². The lowest BCUT2D eigenvalue weighted by Gasteiger charge is -2.26. The molecular weight excluding hydrogens is 522 g/mol. The van der Waals surface area contributed by atoms with E-state index in [2.05, 4.69) is 24.0 Å². The number of morpholine rings is 1. The highest BCUT2D eigenvalue weighted by atomic mass is 35.5. The van der Waals surface area contributed by atoms with Crippen molar-refractivity contribution in [3.63, 3.8) is 0 Å². The van der Waals surface area contributed by atoms with Crippen molar-refractivity contribution in [2.45, 2.75) is 39.0 Å². The number of hydrogen-bond acceptors (Lipinski definition) is 5. The molecule has 0 unspecified atom stereocenters. The van der Waals surface area contributed by atoms with Gasteiger partial charge in [0.25, 0.3) is 0 Å². The summed E-state index contributed by atoms with van der Waals surface area (Å²) in [6, 6.07) is 24.1. The van der Waals surface area contributed by atoms with Gasteiger partial charge in [0.05, 0.1) is 19.1 Å². The summed E-state index contributed by atoms with van der Waals surface area (Å²) in [4.78, 5) is 15.0. The first-order chi connectivity index (χ1) is 19.6. The van der Waals surface area contributed by atoms with Crippen molar-refractivity contribution in [1.29, 1.82) is 0 Å². The monoisotopic (exact) mass is 559 g/mol. The first-order valence-corrected chi connectivity index (χ1v) is 14.8. The molecule has 0 N–H and O–H groups in total. The van der Waals surface area contributed by atoms with Crippen molar-refractivity contribution in [2.75, 3.05) is 39.5 Å². The molecule has 6 heteroatoms. The SMILES string of the molecule is C/C(=C(\c1ccc(OCCN2CCOCC2)cc1)c1ccc(OC(=O)C2CCCCC2)cc1)c1ccc(Cl)cc1. The van der Waals surface area contributed by atoms with Gasteiger partial charge in [0, 0.05) is 24.7 Å². The van der Waals surface area contributed by atoms with Gasteiger partial charge >= 0.3 is 5.97 Å². The van der Waals surface area contributed by atoms with Gasteiger partial charge in [-0.05, 0) is 84.0 Å². The number of rotatable bonds is 9. The summed E-state index contributed by atoms with van der Waals surface area (Å²) >= 11 is 6.17. The highest BCUT2D eigenvalue weighted by Gasteiger charge is 2.23. The number of carbonyl (C=O) groups excluding carboxylic acids is 1. The van der Waals surface area contributed by atoms with Gasteiger partial charge in [-0.3, -0.25) is 9.69 Å². The molecule has 5 nitrogen and oxygen atoms in total.